The molecule has 0 unspecified atom stereocenters. The number of urea groups is 1. The molecule has 1 heterocycles. The summed E-state index contributed by atoms with van der Waals surface area (Å²) in [5.41, 5.74) is 0.946. The Morgan fingerprint density at radius 3 is 2.46 bits per heavy atom. The molecule has 1 aliphatic heterocycles. The van der Waals surface area contributed by atoms with Gasteiger partial charge in [0.05, 0.1) is 5.57 Å². The van der Waals surface area contributed by atoms with Crippen molar-refractivity contribution in [3.8, 4) is 0 Å². The van der Waals surface area contributed by atoms with Crippen LogP contribution >= 0.6 is 11.6 Å². The van der Waals surface area contributed by atoms with Crippen LogP contribution in [0.5, 0.6) is 0 Å². The van der Waals surface area contributed by atoms with Crippen molar-refractivity contribution >= 4 is 29.7 Å². The molecule has 5 nitrogen and oxygen atoms in total. The molecule has 0 bridgehead atoms. The summed E-state index contributed by atoms with van der Waals surface area (Å²) in [5.74, 6) is -0.517. The average Bonchev–Trinajstić information content (AvgIpc) is 2.45. The van der Waals surface area contributed by atoms with Gasteiger partial charge in [0.1, 0.15) is 11.6 Å². The Balaban J connectivity index is 2.38. The molecular formula is C18H21ClN2O3. The molecule has 2 N–H and O–H groups in total. The Bertz CT molecular complexity index is 703. The van der Waals surface area contributed by atoms with Crippen LogP contribution in [0.3, 0.4) is 0 Å². The number of carbonyl (C=O) groups excluding carboxylic acids is 2. The molecule has 128 valence electrons. The lowest BCUT2D eigenvalue weighted by molar-refractivity contribution is -0.150. The number of esters is 1. The molecule has 1 aliphatic rings. The van der Waals surface area contributed by atoms with Crippen molar-refractivity contribution in [2.75, 3.05) is 0 Å². The van der Waals surface area contributed by atoms with E-state index in [9.17, 15) is 9.59 Å². The van der Waals surface area contributed by atoms with Crippen LogP contribution in [-0.2, 0) is 9.53 Å². The van der Waals surface area contributed by atoms with E-state index in [0.29, 0.717) is 16.3 Å². The third-order valence-corrected chi connectivity index (χ3v) is 3.60. The third kappa shape index (κ3) is 4.61. The molecule has 0 aromatic heterocycles. The SMILES string of the molecule is CC1=C(C(=O)OC(C)(C)C)[C@H](/C(Cl)=C/c2ccccc2)NC(=O)N1. The number of amides is 2. The first-order valence-corrected chi connectivity index (χ1v) is 7.99. The number of allylic oxidation sites excluding steroid dienone is 1. The van der Waals surface area contributed by atoms with Gasteiger partial charge in [-0.1, -0.05) is 41.9 Å². The number of carbonyl (C=O) groups is 2. The van der Waals surface area contributed by atoms with Crippen LogP contribution in [0.1, 0.15) is 33.3 Å². The van der Waals surface area contributed by atoms with Gasteiger partial charge in [-0.2, -0.15) is 0 Å². The smallest absolute Gasteiger partial charge is 0.338 e. The van der Waals surface area contributed by atoms with Crippen LogP contribution < -0.4 is 10.6 Å². The van der Waals surface area contributed by atoms with Gasteiger partial charge in [-0.3, -0.25) is 0 Å². The lowest BCUT2D eigenvalue weighted by Gasteiger charge is -2.29. The first-order valence-electron chi connectivity index (χ1n) is 7.61. The summed E-state index contributed by atoms with van der Waals surface area (Å²) >= 11 is 6.41. The van der Waals surface area contributed by atoms with Gasteiger partial charge >= 0.3 is 12.0 Å². The van der Waals surface area contributed by atoms with Crippen LogP contribution in [0.15, 0.2) is 46.6 Å². The molecule has 0 radical (unpaired) electrons. The molecule has 24 heavy (non-hydrogen) atoms. The number of nitrogens with one attached hydrogen (secondary N) is 2. The molecule has 2 amide bonds. The summed E-state index contributed by atoms with van der Waals surface area (Å²) in [7, 11) is 0. The van der Waals surface area contributed by atoms with Crippen molar-refractivity contribution in [3.05, 3.63) is 52.2 Å². The van der Waals surface area contributed by atoms with Gasteiger partial charge < -0.3 is 15.4 Å². The Labute approximate surface area is 146 Å². The fourth-order valence-electron chi connectivity index (χ4n) is 2.30. The zero-order valence-corrected chi connectivity index (χ0v) is 14.9. The van der Waals surface area contributed by atoms with Gasteiger partial charge in [0.25, 0.3) is 0 Å². The van der Waals surface area contributed by atoms with Gasteiger partial charge in [-0.25, -0.2) is 9.59 Å². The summed E-state index contributed by atoms with van der Waals surface area (Å²) in [6, 6.07) is 8.26. The standard InChI is InChI=1S/C18H21ClN2O3/c1-11-14(16(22)24-18(2,3)4)15(21-17(23)20-11)13(19)10-12-8-6-5-7-9-12/h5-10,15H,1-4H3,(H2,20,21,23)/b13-10-/t15-/m0/s1. The highest BCUT2D eigenvalue weighted by Gasteiger charge is 2.34. The highest BCUT2D eigenvalue weighted by Crippen LogP contribution is 2.26. The van der Waals surface area contributed by atoms with E-state index in [-0.39, 0.29) is 0 Å². The van der Waals surface area contributed by atoms with Crippen LogP contribution in [0, 0.1) is 0 Å². The molecule has 2 rings (SSSR count). The second kappa shape index (κ2) is 7.09. The molecule has 1 aromatic rings. The van der Waals surface area contributed by atoms with E-state index in [0.717, 1.165) is 5.56 Å². The predicted molar refractivity (Wildman–Crippen MR) is 94.3 cm³/mol. The second-order valence-electron chi connectivity index (χ2n) is 6.51. The highest BCUT2D eigenvalue weighted by molar-refractivity contribution is 6.33. The van der Waals surface area contributed by atoms with E-state index in [1.807, 2.05) is 30.3 Å². The monoisotopic (exact) mass is 348 g/mol. The number of halogens is 1. The topological polar surface area (TPSA) is 67.4 Å². The van der Waals surface area contributed by atoms with Gasteiger partial charge in [0.2, 0.25) is 0 Å². The van der Waals surface area contributed by atoms with Crippen molar-refractivity contribution < 1.29 is 14.3 Å². The molecule has 1 aromatic carbocycles. The van der Waals surface area contributed by atoms with Crippen molar-refractivity contribution in [2.45, 2.75) is 39.3 Å². The van der Waals surface area contributed by atoms with E-state index >= 15 is 0 Å². The van der Waals surface area contributed by atoms with Crippen molar-refractivity contribution in [1.82, 2.24) is 10.6 Å². The number of ether oxygens (including phenoxy) is 1. The fourth-order valence-corrected chi connectivity index (χ4v) is 2.59. The summed E-state index contributed by atoms with van der Waals surface area (Å²) < 4.78 is 5.44. The van der Waals surface area contributed by atoms with Crippen LogP contribution in [-0.4, -0.2) is 23.6 Å². The Morgan fingerprint density at radius 1 is 1.25 bits per heavy atom. The minimum Gasteiger partial charge on any atom is -0.456 e. The predicted octanol–water partition coefficient (Wildman–Crippen LogP) is 3.56. The normalized spacial score (nSPS) is 18.8. The zero-order valence-electron chi connectivity index (χ0n) is 14.1. The quantitative estimate of drug-likeness (QED) is 0.821. The Morgan fingerprint density at radius 2 is 1.88 bits per heavy atom. The van der Waals surface area contributed by atoms with Crippen LogP contribution in [0.4, 0.5) is 4.79 Å². The van der Waals surface area contributed by atoms with E-state index in [1.165, 1.54) is 0 Å². The first-order chi connectivity index (χ1) is 11.2. The second-order valence-corrected chi connectivity index (χ2v) is 6.95. The van der Waals surface area contributed by atoms with Gasteiger partial charge in [-0.05, 0) is 39.3 Å². The van der Waals surface area contributed by atoms with Gasteiger partial charge in [0.15, 0.2) is 0 Å². The maximum Gasteiger partial charge on any atom is 0.338 e. The lowest BCUT2D eigenvalue weighted by atomic mass is 10.0. The molecule has 6 heteroatoms. The summed E-state index contributed by atoms with van der Waals surface area (Å²) in [6.45, 7) is 7.00. The number of hydrogen-bond donors (Lipinski definition) is 2. The largest absolute Gasteiger partial charge is 0.456 e. The molecule has 1 atom stereocenters. The van der Waals surface area contributed by atoms with E-state index < -0.39 is 23.6 Å². The number of hydrogen-bond acceptors (Lipinski definition) is 3. The Hall–Kier alpha value is -2.27. The van der Waals surface area contributed by atoms with E-state index in [2.05, 4.69) is 10.6 Å². The molecule has 0 spiro atoms. The summed E-state index contributed by atoms with van der Waals surface area (Å²) in [6.07, 6.45) is 1.72. The first kappa shape index (κ1) is 18.1. The number of rotatable bonds is 3. The van der Waals surface area contributed by atoms with Crippen molar-refractivity contribution in [2.24, 2.45) is 0 Å². The fraction of sp³-hybridized carbons (Fsp3) is 0.333. The lowest BCUT2D eigenvalue weighted by Crippen LogP contribution is -2.50. The molecule has 0 fully saturated rings. The maximum atomic E-state index is 12.5. The van der Waals surface area contributed by atoms with E-state index in [4.69, 9.17) is 16.3 Å². The van der Waals surface area contributed by atoms with Gasteiger partial charge in [0, 0.05) is 10.7 Å². The molecule has 0 aliphatic carbocycles. The molecule has 0 saturated heterocycles. The van der Waals surface area contributed by atoms with E-state index in [1.54, 1.807) is 33.8 Å². The van der Waals surface area contributed by atoms with Crippen LogP contribution in [0.2, 0.25) is 0 Å². The number of benzene rings is 1. The third-order valence-electron chi connectivity index (χ3n) is 3.27. The summed E-state index contributed by atoms with van der Waals surface area (Å²) in [4.78, 5) is 24.3. The molecular weight excluding hydrogens is 328 g/mol. The average molecular weight is 349 g/mol. The van der Waals surface area contributed by atoms with Crippen LogP contribution in [0.25, 0.3) is 6.08 Å². The maximum absolute atomic E-state index is 12.5. The minimum atomic E-state index is -0.754. The minimum absolute atomic E-state index is 0.293. The zero-order chi connectivity index (χ0) is 17.9. The summed E-state index contributed by atoms with van der Waals surface area (Å²) in [5, 5.41) is 5.59. The van der Waals surface area contributed by atoms with Gasteiger partial charge in [-0.15, -0.1) is 0 Å². The highest BCUT2D eigenvalue weighted by atomic mass is 35.5. The molecule has 0 saturated carbocycles. The van der Waals surface area contributed by atoms with Crippen molar-refractivity contribution in [3.63, 3.8) is 0 Å². The Kier molecular flexibility index (Phi) is 5.34. The van der Waals surface area contributed by atoms with Crippen molar-refractivity contribution in [1.29, 1.82) is 0 Å².